The van der Waals surface area contributed by atoms with Crippen LogP contribution in [-0.2, 0) is 19.4 Å². The lowest BCUT2D eigenvalue weighted by molar-refractivity contribution is -0.135. The van der Waals surface area contributed by atoms with E-state index in [1.165, 1.54) is 0 Å². The molecule has 1 N–H and O–H groups in total. The summed E-state index contributed by atoms with van der Waals surface area (Å²) in [7, 11) is -3.09. The molecule has 0 spiro atoms. The molecule has 7 heteroatoms. The number of hydrogen-bond acceptors (Lipinski definition) is 5. The predicted molar refractivity (Wildman–Crippen MR) is 78.4 cm³/mol. The van der Waals surface area contributed by atoms with Crippen molar-refractivity contribution in [2.45, 2.75) is 31.9 Å². The van der Waals surface area contributed by atoms with E-state index in [0.717, 1.165) is 0 Å². The second-order valence-electron chi connectivity index (χ2n) is 5.92. The molecule has 0 unspecified atom stereocenters. The zero-order valence-corrected chi connectivity index (χ0v) is 13.5. The van der Waals surface area contributed by atoms with Crippen LogP contribution in [-0.4, -0.2) is 69.1 Å². The number of carbonyl (C=O) groups is 1. The molecule has 1 amide bonds. The summed E-state index contributed by atoms with van der Waals surface area (Å²) in [6.07, 6.45) is 0.398. The van der Waals surface area contributed by atoms with Gasteiger partial charge in [-0.1, -0.05) is 0 Å². The van der Waals surface area contributed by atoms with Crippen LogP contribution in [0.3, 0.4) is 0 Å². The first-order valence-corrected chi connectivity index (χ1v) is 8.68. The molecule has 1 aliphatic rings. The molecule has 1 fully saturated rings. The Labute approximate surface area is 121 Å². The van der Waals surface area contributed by atoms with Crippen molar-refractivity contribution in [3.05, 3.63) is 0 Å². The molecule has 0 bridgehead atoms. The molecule has 0 aliphatic carbocycles. The van der Waals surface area contributed by atoms with Crippen LogP contribution in [0.5, 0.6) is 0 Å². The molecule has 0 radical (unpaired) electrons. The number of carbonyl (C=O) groups excluding carboxylic acids is 1. The van der Waals surface area contributed by atoms with Gasteiger partial charge in [0, 0.05) is 32.6 Å². The summed E-state index contributed by atoms with van der Waals surface area (Å²) in [5, 5.41) is 3.03. The Morgan fingerprint density at radius 2 is 1.80 bits per heavy atom. The number of nitrogens with zero attached hydrogens (tertiary/aromatic N) is 1. The summed E-state index contributed by atoms with van der Waals surface area (Å²) in [4.78, 5) is 13.6. The Morgan fingerprint density at radius 3 is 2.35 bits per heavy atom. The Morgan fingerprint density at radius 1 is 1.20 bits per heavy atom. The molecule has 6 nitrogen and oxygen atoms in total. The van der Waals surface area contributed by atoms with E-state index >= 15 is 0 Å². The topological polar surface area (TPSA) is 75.7 Å². The second-order valence-corrected chi connectivity index (χ2v) is 8.79. The summed E-state index contributed by atoms with van der Waals surface area (Å²) in [6, 6.07) is 0. The minimum Gasteiger partial charge on any atom is -0.378 e. The van der Waals surface area contributed by atoms with Gasteiger partial charge in [-0.2, -0.15) is 0 Å². The quantitative estimate of drug-likeness (QED) is 0.701. The van der Waals surface area contributed by atoms with Crippen LogP contribution in [0.25, 0.3) is 0 Å². The van der Waals surface area contributed by atoms with Gasteiger partial charge in [-0.15, -0.1) is 0 Å². The maximum absolute atomic E-state index is 11.9. The SMILES string of the molecule is CC(C)(C)S(=O)(=O)CCNCCC(=O)N1CCOCC1. The van der Waals surface area contributed by atoms with Gasteiger partial charge in [-0.25, -0.2) is 8.42 Å². The van der Waals surface area contributed by atoms with E-state index in [2.05, 4.69) is 5.32 Å². The Balaban J connectivity index is 2.17. The second kappa shape index (κ2) is 7.38. The molecular weight excluding hydrogens is 280 g/mol. The van der Waals surface area contributed by atoms with Crippen molar-refractivity contribution in [3.63, 3.8) is 0 Å². The fourth-order valence-corrected chi connectivity index (χ4v) is 2.83. The van der Waals surface area contributed by atoms with Gasteiger partial charge in [0.1, 0.15) is 0 Å². The van der Waals surface area contributed by atoms with Gasteiger partial charge in [0.2, 0.25) is 5.91 Å². The lowest BCUT2D eigenvalue weighted by Gasteiger charge is -2.26. The van der Waals surface area contributed by atoms with E-state index in [0.29, 0.717) is 45.8 Å². The van der Waals surface area contributed by atoms with Crippen molar-refractivity contribution in [1.82, 2.24) is 10.2 Å². The first kappa shape index (κ1) is 17.4. The number of hydrogen-bond donors (Lipinski definition) is 1. The number of amides is 1. The van der Waals surface area contributed by atoms with Crippen LogP contribution in [0, 0.1) is 0 Å². The lowest BCUT2D eigenvalue weighted by atomic mass is 10.3. The number of sulfone groups is 1. The Kier molecular flexibility index (Phi) is 6.42. The molecule has 118 valence electrons. The van der Waals surface area contributed by atoms with E-state index in [4.69, 9.17) is 4.74 Å². The van der Waals surface area contributed by atoms with Gasteiger partial charge in [-0.05, 0) is 20.8 Å². The van der Waals surface area contributed by atoms with Crippen LogP contribution < -0.4 is 5.32 Å². The first-order valence-electron chi connectivity index (χ1n) is 7.02. The lowest BCUT2D eigenvalue weighted by Crippen LogP contribution is -2.42. The molecule has 1 rings (SSSR count). The van der Waals surface area contributed by atoms with Gasteiger partial charge in [0.25, 0.3) is 0 Å². The van der Waals surface area contributed by atoms with Crippen molar-refractivity contribution in [2.24, 2.45) is 0 Å². The summed E-state index contributed by atoms with van der Waals surface area (Å²) in [5.41, 5.74) is 0. The van der Waals surface area contributed by atoms with Crippen molar-refractivity contribution >= 4 is 15.7 Å². The molecule has 1 heterocycles. The van der Waals surface area contributed by atoms with E-state index in [1.807, 2.05) is 0 Å². The highest BCUT2D eigenvalue weighted by Crippen LogP contribution is 2.15. The van der Waals surface area contributed by atoms with E-state index in [9.17, 15) is 13.2 Å². The van der Waals surface area contributed by atoms with Gasteiger partial charge in [0.05, 0.1) is 23.7 Å². The van der Waals surface area contributed by atoms with Gasteiger partial charge < -0.3 is 15.0 Å². The van der Waals surface area contributed by atoms with Crippen LogP contribution >= 0.6 is 0 Å². The van der Waals surface area contributed by atoms with E-state index in [1.54, 1.807) is 25.7 Å². The van der Waals surface area contributed by atoms with Crippen molar-refractivity contribution in [3.8, 4) is 0 Å². The normalized spacial score (nSPS) is 17.2. The zero-order valence-electron chi connectivity index (χ0n) is 12.6. The van der Waals surface area contributed by atoms with Crippen LogP contribution in [0.15, 0.2) is 0 Å². The highest BCUT2D eigenvalue weighted by atomic mass is 32.2. The Bertz CT molecular complexity index is 409. The van der Waals surface area contributed by atoms with E-state index < -0.39 is 14.6 Å². The van der Waals surface area contributed by atoms with Gasteiger partial charge >= 0.3 is 0 Å². The number of rotatable bonds is 6. The van der Waals surface area contributed by atoms with Crippen LogP contribution in [0.1, 0.15) is 27.2 Å². The molecule has 0 aromatic heterocycles. The molecule has 0 aromatic carbocycles. The predicted octanol–water partition coefficient (Wildman–Crippen LogP) is 0.0382. The Hall–Kier alpha value is -0.660. The molecule has 20 heavy (non-hydrogen) atoms. The van der Waals surface area contributed by atoms with Crippen LogP contribution in [0.4, 0.5) is 0 Å². The maximum atomic E-state index is 11.9. The number of ether oxygens (including phenoxy) is 1. The fourth-order valence-electron chi connectivity index (χ4n) is 1.80. The average molecular weight is 306 g/mol. The van der Waals surface area contributed by atoms with Gasteiger partial charge in [0.15, 0.2) is 9.84 Å². The largest absolute Gasteiger partial charge is 0.378 e. The summed E-state index contributed by atoms with van der Waals surface area (Å²) >= 11 is 0. The smallest absolute Gasteiger partial charge is 0.224 e. The van der Waals surface area contributed by atoms with Crippen molar-refractivity contribution in [2.75, 3.05) is 45.1 Å². The highest BCUT2D eigenvalue weighted by molar-refractivity contribution is 7.92. The van der Waals surface area contributed by atoms with E-state index in [-0.39, 0.29) is 11.7 Å². The van der Waals surface area contributed by atoms with Crippen molar-refractivity contribution in [1.29, 1.82) is 0 Å². The zero-order chi connectivity index (χ0) is 15.2. The molecule has 1 aliphatic heterocycles. The number of nitrogens with one attached hydrogen (secondary N) is 1. The monoisotopic (exact) mass is 306 g/mol. The third-order valence-corrected chi connectivity index (χ3v) is 5.97. The fraction of sp³-hybridized carbons (Fsp3) is 0.923. The summed E-state index contributed by atoms with van der Waals surface area (Å²) in [5.74, 6) is 0.196. The molecule has 0 atom stereocenters. The summed E-state index contributed by atoms with van der Waals surface area (Å²) in [6.45, 7) is 8.49. The molecule has 0 aromatic rings. The van der Waals surface area contributed by atoms with Gasteiger partial charge in [-0.3, -0.25) is 4.79 Å². The minimum absolute atomic E-state index is 0.0967. The average Bonchev–Trinajstić information content (AvgIpc) is 2.37. The third-order valence-electron chi connectivity index (χ3n) is 3.36. The molecular formula is C13H26N2O4S. The number of morpholine rings is 1. The highest BCUT2D eigenvalue weighted by Gasteiger charge is 2.28. The van der Waals surface area contributed by atoms with Crippen LogP contribution in [0.2, 0.25) is 0 Å². The van der Waals surface area contributed by atoms with Crippen molar-refractivity contribution < 1.29 is 17.9 Å². The molecule has 0 saturated carbocycles. The standard InChI is InChI=1S/C13H26N2O4S/c1-13(2,3)20(17,18)11-6-14-5-4-12(16)15-7-9-19-10-8-15/h14H,4-11H2,1-3H3. The molecule has 1 saturated heterocycles. The minimum atomic E-state index is -3.09. The maximum Gasteiger partial charge on any atom is 0.224 e. The third kappa shape index (κ3) is 5.38. The summed E-state index contributed by atoms with van der Waals surface area (Å²) < 4.78 is 28.2. The first-order chi connectivity index (χ1) is 9.24.